The molecule has 0 aliphatic rings. The van der Waals surface area contributed by atoms with Gasteiger partial charge >= 0.3 is 0 Å². The summed E-state index contributed by atoms with van der Waals surface area (Å²) in [6, 6.07) is 7.28. The molecule has 1 N–H and O–H groups in total. The summed E-state index contributed by atoms with van der Waals surface area (Å²) >= 11 is 0. The Bertz CT molecular complexity index is 390. The summed E-state index contributed by atoms with van der Waals surface area (Å²) in [5, 5.41) is 2.80. The van der Waals surface area contributed by atoms with Crippen LogP contribution < -0.4 is 5.32 Å². The van der Waals surface area contributed by atoms with Gasteiger partial charge in [-0.05, 0) is 25.0 Å². The van der Waals surface area contributed by atoms with Crippen LogP contribution in [0.3, 0.4) is 0 Å². The Morgan fingerprint density at radius 2 is 2.20 bits per heavy atom. The number of amides is 1. The molecule has 0 aliphatic heterocycles. The van der Waals surface area contributed by atoms with Gasteiger partial charge in [0.25, 0.3) is 5.91 Å². The van der Waals surface area contributed by atoms with Gasteiger partial charge in [0.05, 0.1) is 6.04 Å². The summed E-state index contributed by atoms with van der Waals surface area (Å²) in [5.74, 6) is 2.44. The van der Waals surface area contributed by atoms with Crippen molar-refractivity contribution < 1.29 is 4.79 Å². The van der Waals surface area contributed by atoms with Crippen molar-refractivity contribution in [1.82, 2.24) is 5.32 Å². The topological polar surface area (TPSA) is 29.1 Å². The van der Waals surface area contributed by atoms with Crippen LogP contribution in [0.2, 0.25) is 0 Å². The second-order valence-corrected chi connectivity index (χ2v) is 3.42. The van der Waals surface area contributed by atoms with Crippen molar-refractivity contribution in [2.45, 2.75) is 26.3 Å². The first-order chi connectivity index (χ1) is 7.19. The standard InChI is InChI=1S/C13H15NO/c1-4-11(5-2)14-13(15)12-9-7-6-8-10(12)3/h1,6-9,11H,5H2,2-3H3,(H,14,15). The Morgan fingerprint density at radius 3 is 2.73 bits per heavy atom. The maximum Gasteiger partial charge on any atom is 0.252 e. The Kier molecular flexibility index (Phi) is 3.93. The Labute approximate surface area is 90.7 Å². The average molecular weight is 201 g/mol. The lowest BCUT2D eigenvalue weighted by atomic mass is 10.1. The lowest BCUT2D eigenvalue weighted by Gasteiger charge is -2.11. The first kappa shape index (κ1) is 11.3. The predicted molar refractivity (Wildman–Crippen MR) is 61.6 cm³/mol. The molecule has 0 saturated carbocycles. The number of hydrogen-bond acceptors (Lipinski definition) is 1. The summed E-state index contributed by atoms with van der Waals surface area (Å²) in [6.45, 7) is 3.86. The Balaban J connectivity index is 2.79. The van der Waals surface area contributed by atoms with Crippen LogP contribution in [0.15, 0.2) is 24.3 Å². The number of hydrogen-bond donors (Lipinski definition) is 1. The van der Waals surface area contributed by atoms with E-state index in [0.29, 0.717) is 5.56 Å². The molecule has 0 aromatic heterocycles. The van der Waals surface area contributed by atoms with E-state index in [9.17, 15) is 4.79 Å². The normalized spacial score (nSPS) is 11.5. The highest BCUT2D eigenvalue weighted by molar-refractivity contribution is 5.95. The fourth-order valence-corrected chi connectivity index (χ4v) is 1.33. The molecule has 1 amide bonds. The van der Waals surface area contributed by atoms with Crippen LogP contribution in [0.4, 0.5) is 0 Å². The van der Waals surface area contributed by atoms with Crippen LogP contribution in [0, 0.1) is 19.3 Å². The van der Waals surface area contributed by atoms with Crippen LogP contribution in [0.5, 0.6) is 0 Å². The van der Waals surface area contributed by atoms with Gasteiger partial charge in [0, 0.05) is 5.56 Å². The third-order valence-corrected chi connectivity index (χ3v) is 2.30. The second-order valence-electron chi connectivity index (χ2n) is 3.42. The lowest BCUT2D eigenvalue weighted by molar-refractivity contribution is 0.0944. The molecule has 2 nitrogen and oxygen atoms in total. The SMILES string of the molecule is C#CC(CC)NC(=O)c1ccccc1C. The van der Waals surface area contributed by atoms with Gasteiger partial charge in [-0.3, -0.25) is 4.79 Å². The molecule has 0 bridgehead atoms. The molecule has 78 valence electrons. The zero-order valence-electron chi connectivity index (χ0n) is 9.08. The summed E-state index contributed by atoms with van der Waals surface area (Å²) in [7, 11) is 0. The molecule has 2 heteroatoms. The minimum atomic E-state index is -0.183. The predicted octanol–water partition coefficient (Wildman–Crippen LogP) is 2.14. The van der Waals surface area contributed by atoms with Crippen molar-refractivity contribution in [3.63, 3.8) is 0 Å². The van der Waals surface area contributed by atoms with E-state index in [4.69, 9.17) is 6.42 Å². The van der Waals surface area contributed by atoms with Gasteiger partial charge in [-0.2, -0.15) is 0 Å². The number of carbonyl (C=O) groups excluding carboxylic acids is 1. The summed E-state index contributed by atoms with van der Waals surface area (Å²) in [4.78, 5) is 11.8. The maximum atomic E-state index is 11.8. The molecular weight excluding hydrogens is 186 g/mol. The number of benzene rings is 1. The van der Waals surface area contributed by atoms with E-state index < -0.39 is 0 Å². The number of nitrogens with one attached hydrogen (secondary N) is 1. The van der Waals surface area contributed by atoms with Gasteiger partial charge in [-0.15, -0.1) is 6.42 Å². The summed E-state index contributed by atoms with van der Waals surface area (Å²) in [6.07, 6.45) is 6.03. The van der Waals surface area contributed by atoms with Crippen molar-refractivity contribution in [1.29, 1.82) is 0 Å². The van der Waals surface area contributed by atoms with E-state index in [1.54, 1.807) is 6.07 Å². The first-order valence-electron chi connectivity index (χ1n) is 5.01. The van der Waals surface area contributed by atoms with Gasteiger partial charge in [0.15, 0.2) is 0 Å². The molecule has 1 unspecified atom stereocenters. The Hall–Kier alpha value is -1.75. The van der Waals surface area contributed by atoms with Gasteiger partial charge in [0.2, 0.25) is 0 Å². The van der Waals surface area contributed by atoms with E-state index in [2.05, 4.69) is 11.2 Å². The highest BCUT2D eigenvalue weighted by Crippen LogP contribution is 2.07. The minimum absolute atomic E-state index is 0.0992. The van der Waals surface area contributed by atoms with E-state index >= 15 is 0 Å². The number of aryl methyl sites for hydroxylation is 1. The summed E-state index contributed by atoms with van der Waals surface area (Å²) in [5.41, 5.74) is 1.65. The van der Waals surface area contributed by atoms with Crippen LogP contribution in [-0.2, 0) is 0 Å². The second kappa shape index (κ2) is 5.21. The molecule has 0 spiro atoms. The molecular formula is C13H15NO. The first-order valence-corrected chi connectivity index (χ1v) is 5.01. The van der Waals surface area contributed by atoms with Gasteiger partial charge < -0.3 is 5.32 Å². The molecule has 0 saturated heterocycles. The molecule has 0 fully saturated rings. The largest absolute Gasteiger partial charge is 0.338 e. The fraction of sp³-hybridized carbons (Fsp3) is 0.308. The van der Waals surface area contributed by atoms with Crippen molar-refractivity contribution in [2.75, 3.05) is 0 Å². The third-order valence-electron chi connectivity index (χ3n) is 2.30. The average Bonchev–Trinajstić information content (AvgIpc) is 2.26. The maximum absolute atomic E-state index is 11.8. The van der Waals surface area contributed by atoms with Crippen molar-refractivity contribution in [2.24, 2.45) is 0 Å². The molecule has 0 aliphatic carbocycles. The quantitative estimate of drug-likeness (QED) is 0.746. The van der Waals surface area contributed by atoms with E-state index in [0.717, 1.165) is 12.0 Å². The number of terminal acetylenes is 1. The van der Waals surface area contributed by atoms with Gasteiger partial charge in [0.1, 0.15) is 0 Å². The van der Waals surface area contributed by atoms with E-state index in [-0.39, 0.29) is 11.9 Å². The van der Waals surface area contributed by atoms with Crippen molar-refractivity contribution in [3.8, 4) is 12.3 Å². The lowest BCUT2D eigenvalue weighted by Crippen LogP contribution is -2.33. The van der Waals surface area contributed by atoms with E-state index in [1.165, 1.54) is 0 Å². The molecule has 0 heterocycles. The fourth-order valence-electron chi connectivity index (χ4n) is 1.33. The Morgan fingerprint density at radius 1 is 1.53 bits per heavy atom. The number of carbonyl (C=O) groups is 1. The molecule has 15 heavy (non-hydrogen) atoms. The van der Waals surface area contributed by atoms with Gasteiger partial charge in [-0.25, -0.2) is 0 Å². The zero-order valence-corrected chi connectivity index (χ0v) is 9.08. The van der Waals surface area contributed by atoms with Crippen molar-refractivity contribution in [3.05, 3.63) is 35.4 Å². The minimum Gasteiger partial charge on any atom is -0.338 e. The number of rotatable bonds is 3. The molecule has 0 radical (unpaired) electrons. The molecule has 1 atom stereocenters. The monoisotopic (exact) mass is 201 g/mol. The molecule has 1 aromatic rings. The van der Waals surface area contributed by atoms with Crippen LogP contribution in [0.1, 0.15) is 29.3 Å². The smallest absolute Gasteiger partial charge is 0.252 e. The molecule has 1 rings (SSSR count). The van der Waals surface area contributed by atoms with Crippen LogP contribution in [-0.4, -0.2) is 11.9 Å². The highest BCUT2D eigenvalue weighted by Gasteiger charge is 2.11. The van der Waals surface area contributed by atoms with Gasteiger partial charge in [-0.1, -0.05) is 31.0 Å². The highest BCUT2D eigenvalue weighted by atomic mass is 16.1. The zero-order chi connectivity index (χ0) is 11.3. The van der Waals surface area contributed by atoms with Crippen molar-refractivity contribution >= 4 is 5.91 Å². The molecule has 1 aromatic carbocycles. The third kappa shape index (κ3) is 2.85. The van der Waals surface area contributed by atoms with Crippen LogP contribution in [0.25, 0.3) is 0 Å². The van der Waals surface area contributed by atoms with E-state index in [1.807, 2.05) is 32.0 Å². The summed E-state index contributed by atoms with van der Waals surface area (Å²) < 4.78 is 0. The van der Waals surface area contributed by atoms with Crippen LogP contribution >= 0.6 is 0 Å².